The molecule has 6 N–H and O–H groups in total. The molecule has 2 aromatic carbocycles. The van der Waals surface area contributed by atoms with Crippen molar-refractivity contribution in [2.24, 2.45) is 23.7 Å². The van der Waals surface area contributed by atoms with Crippen LogP contribution in [-0.2, 0) is 75.2 Å². The van der Waals surface area contributed by atoms with Crippen LogP contribution in [0.3, 0.4) is 0 Å². The van der Waals surface area contributed by atoms with E-state index < -0.39 is 168 Å². The summed E-state index contributed by atoms with van der Waals surface area (Å²) in [6.07, 6.45) is 1.56. The van der Waals surface area contributed by atoms with Crippen molar-refractivity contribution in [1.29, 1.82) is 0 Å². The van der Waals surface area contributed by atoms with Gasteiger partial charge in [-0.3, -0.25) is 62.3 Å². The van der Waals surface area contributed by atoms with Crippen LogP contribution < -0.4 is 26.6 Å². The monoisotopic (exact) mass is 1410 g/mol. The van der Waals surface area contributed by atoms with Crippen molar-refractivity contribution >= 4 is 76.8 Å². The number of aliphatic hydroxyl groups is 1. The Morgan fingerprint density at radius 1 is 0.515 bits per heavy atom. The smallest absolute Gasteiger partial charge is 0.248 e. The minimum absolute atomic E-state index is 0.00114. The van der Waals surface area contributed by atoms with Crippen molar-refractivity contribution < 1.29 is 67.4 Å². The summed E-state index contributed by atoms with van der Waals surface area (Å²) in [4.78, 5) is 200. The molecule has 3 fully saturated rings. The first-order valence-corrected chi connectivity index (χ1v) is 36.0. The minimum Gasteiger partial charge on any atom is -0.391 e. The number of aliphatic hydroxyl groups excluding tert-OH is 1. The van der Waals surface area contributed by atoms with Gasteiger partial charge in [-0.25, -0.2) is 0 Å². The summed E-state index contributed by atoms with van der Waals surface area (Å²) < 4.78 is 0. The van der Waals surface area contributed by atoms with Crippen LogP contribution in [0.25, 0.3) is 0 Å². The Bertz CT molecular complexity index is 3180. The van der Waals surface area contributed by atoms with E-state index in [0.717, 1.165) is 11.3 Å². The van der Waals surface area contributed by atoms with Crippen molar-refractivity contribution in [3.8, 4) is 0 Å². The van der Waals surface area contributed by atoms with Gasteiger partial charge in [-0.2, -0.15) is 0 Å². The van der Waals surface area contributed by atoms with Crippen molar-refractivity contribution in [2.75, 3.05) is 75.0 Å². The number of carbonyl (C=O) groups is 13. The molecular weight excluding hydrogens is 1290 g/mol. The maximum absolute atomic E-state index is 15.2. The van der Waals surface area contributed by atoms with Gasteiger partial charge in [0, 0.05) is 87.7 Å². The number of amides is 13. The lowest BCUT2D eigenvalue weighted by Gasteiger charge is -2.38. The van der Waals surface area contributed by atoms with Crippen LogP contribution in [0.1, 0.15) is 151 Å². The zero-order valence-electron chi connectivity index (χ0n) is 62.5. The Hall–Kier alpha value is -8.49. The molecule has 27 nitrogen and oxygen atoms in total. The van der Waals surface area contributed by atoms with E-state index in [4.69, 9.17) is 0 Å². The van der Waals surface area contributed by atoms with E-state index in [0.29, 0.717) is 49.9 Å². The van der Waals surface area contributed by atoms with E-state index in [2.05, 4.69) is 26.6 Å². The highest BCUT2D eigenvalue weighted by Crippen LogP contribution is 2.25. The van der Waals surface area contributed by atoms with Crippen molar-refractivity contribution in [3.63, 3.8) is 0 Å². The highest BCUT2D eigenvalue weighted by atomic mass is 16.3. The van der Waals surface area contributed by atoms with E-state index >= 15 is 14.4 Å². The van der Waals surface area contributed by atoms with E-state index in [9.17, 15) is 53.1 Å². The third kappa shape index (κ3) is 23.3. The Morgan fingerprint density at radius 2 is 1.08 bits per heavy atom. The lowest BCUT2D eigenvalue weighted by Crippen LogP contribution is -2.62. The molecule has 560 valence electrons. The average molecular weight is 1410 g/mol. The Balaban J connectivity index is 1.57. The van der Waals surface area contributed by atoms with Crippen LogP contribution in [0.15, 0.2) is 60.7 Å². The standard InChI is InChI=1S/C74H115N13O14/c1-17-48(8)64-74(101)83(14)57(40-46(4)5)66(93)78-55(71(98)86-36-25-20-26-37-86)43-61(91)80(11)35-28-34-60(90)82(13)58(42-52-31-23-19-24-32-52)67(94)77-54(41-51-29-21-18-22-30-51)72(99)87-38-27-33-56(87)65(92)76-53(39-45(2)3)70(97)84(15)63(47(6)7)68(95)79-62(50(10)88)73(100)81(12)44-59(89)75-49(9)69(96)85(64)16/h18-19,21-24,29-32,45-50,53-58,62-64,88H,17,20,25-28,33-44H2,1-16H3,(H,75,89)(H,76,92)(H,77,94)(H,78,93)(H,79,95)/t48-,49-,50+,53-,54-,55-,56-,57-,58-,62-,63-,64-/m0/s1. The van der Waals surface area contributed by atoms with E-state index in [1.165, 1.54) is 85.5 Å². The lowest BCUT2D eigenvalue weighted by atomic mass is 9.94. The molecule has 0 saturated carbocycles. The van der Waals surface area contributed by atoms with Gasteiger partial charge in [0.15, 0.2) is 0 Å². The number of nitrogens with one attached hydrogen (secondary N) is 5. The molecule has 12 atom stereocenters. The first-order chi connectivity index (χ1) is 47.6. The Morgan fingerprint density at radius 3 is 1.64 bits per heavy atom. The molecule has 0 bridgehead atoms. The molecule has 13 amide bonds. The Labute approximate surface area is 597 Å². The van der Waals surface area contributed by atoms with Gasteiger partial charge >= 0.3 is 0 Å². The van der Waals surface area contributed by atoms with Crippen LogP contribution in [0.4, 0.5) is 0 Å². The normalized spacial score (nSPS) is 26.3. The molecule has 0 spiro atoms. The summed E-state index contributed by atoms with van der Waals surface area (Å²) in [5, 5.41) is 25.0. The fourth-order valence-corrected chi connectivity index (χ4v) is 13.6. The van der Waals surface area contributed by atoms with Gasteiger partial charge in [0.2, 0.25) is 76.8 Å². The number of fused-ring (bicyclic) bond motifs is 1. The second-order valence-corrected chi connectivity index (χ2v) is 29.1. The zero-order valence-corrected chi connectivity index (χ0v) is 62.5. The van der Waals surface area contributed by atoms with Gasteiger partial charge in [-0.15, -0.1) is 0 Å². The number of hydrogen-bond donors (Lipinski definition) is 6. The molecule has 0 aliphatic carbocycles. The van der Waals surface area contributed by atoms with Crippen LogP contribution >= 0.6 is 0 Å². The summed E-state index contributed by atoms with van der Waals surface area (Å²) in [5.74, 6) is -10.0. The topological polar surface area (TPSA) is 328 Å². The number of nitrogens with zero attached hydrogens (tertiary/aromatic N) is 8. The van der Waals surface area contributed by atoms with Gasteiger partial charge in [0.05, 0.1) is 19.1 Å². The van der Waals surface area contributed by atoms with Crippen LogP contribution in [0.5, 0.6) is 0 Å². The summed E-state index contributed by atoms with van der Waals surface area (Å²) >= 11 is 0. The van der Waals surface area contributed by atoms with Gasteiger partial charge in [0.1, 0.15) is 60.4 Å². The molecule has 5 rings (SSSR count). The third-order valence-corrected chi connectivity index (χ3v) is 19.7. The van der Waals surface area contributed by atoms with E-state index in [-0.39, 0.29) is 69.9 Å². The van der Waals surface area contributed by atoms with Crippen LogP contribution in [0, 0.1) is 23.7 Å². The molecule has 27 heteroatoms. The number of piperidine rings is 1. The van der Waals surface area contributed by atoms with Gasteiger partial charge in [-0.05, 0) is 100 Å². The molecule has 0 radical (unpaired) electrons. The summed E-state index contributed by atoms with van der Waals surface area (Å²) in [5.41, 5.74) is 1.40. The quantitative estimate of drug-likeness (QED) is 0.168. The fourth-order valence-electron chi connectivity index (χ4n) is 13.6. The highest BCUT2D eigenvalue weighted by Gasteiger charge is 2.45. The number of likely N-dealkylation sites (tertiary alicyclic amines) is 1. The highest BCUT2D eigenvalue weighted by molar-refractivity contribution is 6.00. The molecule has 3 aliphatic rings. The summed E-state index contributed by atoms with van der Waals surface area (Å²) in [6, 6.07) is 5.32. The van der Waals surface area contributed by atoms with Gasteiger partial charge < -0.3 is 70.9 Å². The van der Waals surface area contributed by atoms with Crippen molar-refractivity contribution in [2.45, 2.75) is 219 Å². The molecule has 0 unspecified atom stereocenters. The third-order valence-electron chi connectivity index (χ3n) is 19.7. The molecule has 3 heterocycles. The van der Waals surface area contributed by atoms with E-state index in [1.54, 1.807) is 62.1 Å². The molecule has 101 heavy (non-hydrogen) atoms. The predicted octanol–water partition coefficient (Wildman–Crippen LogP) is 2.50. The van der Waals surface area contributed by atoms with Gasteiger partial charge in [0.25, 0.3) is 0 Å². The lowest BCUT2D eigenvalue weighted by molar-refractivity contribution is -0.151. The van der Waals surface area contributed by atoms with Crippen LogP contribution in [0.2, 0.25) is 0 Å². The molecular formula is C74H115N13O14. The predicted molar refractivity (Wildman–Crippen MR) is 381 cm³/mol. The van der Waals surface area contributed by atoms with Crippen molar-refractivity contribution in [1.82, 2.24) is 65.8 Å². The first kappa shape index (κ1) is 83.2. The van der Waals surface area contributed by atoms with Crippen molar-refractivity contribution in [3.05, 3.63) is 71.8 Å². The summed E-state index contributed by atoms with van der Waals surface area (Å²) in [6.45, 7) is 17.3. The molecule has 0 aromatic heterocycles. The second-order valence-electron chi connectivity index (χ2n) is 29.1. The first-order valence-electron chi connectivity index (χ1n) is 36.0. The van der Waals surface area contributed by atoms with Gasteiger partial charge in [-0.1, -0.05) is 122 Å². The molecule has 2 aromatic rings. The molecule has 3 saturated heterocycles. The number of carbonyl (C=O) groups excluding carboxylic acids is 13. The second kappa shape index (κ2) is 39.1. The summed E-state index contributed by atoms with van der Waals surface area (Å²) in [7, 11) is 8.52. The zero-order chi connectivity index (χ0) is 75.3. The maximum atomic E-state index is 15.2. The van der Waals surface area contributed by atoms with E-state index in [1.807, 2.05) is 58.9 Å². The number of benzene rings is 2. The minimum atomic E-state index is -1.65. The maximum Gasteiger partial charge on any atom is 0.248 e. The number of rotatable bonds is 13. The fraction of sp³-hybridized carbons (Fsp3) is 0.662. The van der Waals surface area contributed by atoms with Crippen LogP contribution in [-0.4, -0.2) is 263 Å². The largest absolute Gasteiger partial charge is 0.391 e. The average Bonchev–Trinajstić information content (AvgIpc) is 1.80. The SMILES string of the molecule is CC[C@H](C)[C@H]1C(=O)N(C)[C@@H](CC(C)C)C(=O)N[C@H](C(=O)N2CCCCC2)CC(=O)N(C)CCCC(=O)N(C)[C@@H](Cc2ccccc2)C(=O)N[C@@H](Cc2ccccc2)C(=O)N2CCC[C@H]2C(=O)N[C@@H](CC(C)C)C(=O)N(C)[C@@H](C(C)C)C(=O)N[C@@H]([C@@H](C)O)C(=O)N(C)CC(=O)N[C@@H](C)C(=O)N1C. The molecule has 3 aliphatic heterocycles. The Kier molecular flexibility index (Phi) is 32.2. The number of likely N-dealkylation sites (N-methyl/N-ethyl adjacent to an activating group) is 5. The number of hydrogen-bond acceptors (Lipinski definition) is 14.